The van der Waals surface area contributed by atoms with Crippen molar-refractivity contribution in [2.45, 2.75) is 26.2 Å². The van der Waals surface area contributed by atoms with Gasteiger partial charge in [-0.3, -0.25) is 9.59 Å². The third-order valence-electron chi connectivity index (χ3n) is 4.02. The van der Waals surface area contributed by atoms with Crippen LogP contribution >= 0.6 is 0 Å². The largest absolute Gasteiger partial charge is 0.366 e. The minimum absolute atomic E-state index is 0.0439. The Morgan fingerprint density at radius 3 is 2.52 bits per heavy atom. The van der Waals surface area contributed by atoms with E-state index in [0.717, 1.165) is 12.8 Å². The molecule has 0 saturated carbocycles. The van der Waals surface area contributed by atoms with Crippen molar-refractivity contribution in [2.75, 3.05) is 37.6 Å². The smallest absolute Gasteiger partial charge is 0.242 e. The number of hydrogen-bond donors (Lipinski definition) is 1. The summed E-state index contributed by atoms with van der Waals surface area (Å²) < 4.78 is 13.8. The van der Waals surface area contributed by atoms with Crippen LogP contribution < -0.4 is 10.2 Å². The van der Waals surface area contributed by atoms with E-state index in [-0.39, 0.29) is 24.2 Å². The molecule has 1 aromatic carbocycles. The first-order valence-electron chi connectivity index (χ1n) is 8.15. The molecule has 5 nitrogen and oxygen atoms in total. The molecular formula is C17H24FN3O2. The van der Waals surface area contributed by atoms with Crippen molar-refractivity contribution in [1.29, 1.82) is 0 Å². The van der Waals surface area contributed by atoms with Crippen LogP contribution in [0.25, 0.3) is 0 Å². The Labute approximate surface area is 136 Å². The third-order valence-corrected chi connectivity index (χ3v) is 4.02. The van der Waals surface area contributed by atoms with Crippen LogP contribution in [-0.2, 0) is 9.59 Å². The first-order valence-corrected chi connectivity index (χ1v) is 8.15. The van der Waals surface area contributed by atoms with E-state index in [1.54, 1.807) is 17.0 Å². The average molecular weight is 321 g/mol. The summed E-state index contributed by atoms with van der Waals surface area (Å²) in [5.41, 5.74) is 0.576. The van der Waals surface area contributed by atoms with Gasteiger partial charge in [0.1, 0.15) is 5.82 Å². The van der Waals surface area contributed by atoms with Gasteiger partial charge < -0.3 is 15.1 Å². The molecule has 0 bridgehead atoms. The Hall–Kier alpha value is -2.11. The summed E-state index contributed by atoms with van der Waals surface area (Å²) in [6, 6.07) is 6.67. The second-order valence-electron chi connectivity index (χ2n) is 5.70. The van der Waals surface area contributed by atoms with Gasteiger partial charge in [0, 0.05) is 32.6 Å². The number of halogens is 1. The van der Waals surface area contributed by atoms with Gasteiger partial charge in [0.15, 0.2) is 0 Å². The number of benzene rings is 1. The molecule has 23 heavy (non-hydrogen) atoms. The standard InChI is InChI=1S/C17H24FN3O2/c1-2-3-8-16(22)19-13-17(23)21-11-9-20(10-12-21)15-7-5-4-6-14(15)18/h4-7H,2-3,8-13H2,1H3,(H,19,22). The topological polar surface area (TPSA) is 52.7 Å². The van der Waals surface area contributed by atoms with Gasteiger partial charge in [-0.05, 0) is 18.6 Å². The zero-order chi connectivity index (χ0) is 16.7. The molecule has 2 amide bonds. The fourth-order valence-electron chi connectivity index (χ4n) is 2.62. The SMILES string of the molecule is CCCCC(=O)NCC(=O)N1CCN(c2ccccc2F)CC1. The molecule has 6 heteroatoms. The highest BCUT2D eigenvalue weighted by Crippen LogP contribution is 2.20. The Bertz CT molecular complexity index is 542. The summed E-state index contributed by atoms with van der Waals surface area (Å²) in [7, 11) is 0. The van der Waals surface area contributed by atoms with Gasteiger partial charge in [0.25, 0.3) is 0 Å². The minimum Gasteiger partial charge on any atom is -0.366 e. The fourth-order valence-corrected chi connectivity index (χ4v) is 2.62. The molecule has 0 unspecified atom stereocenters. The summed E-state index contributed by atoms with van der Waals surface area (Å²) in [5.74, 6) is -0.399. The molecular weight excluding hydrogens is 297 g/mol. The number of para-hydroxylation sites is 1. The van der Waals surface area contributed by atoms with Crippen LogP contribution in [0.15, 0.2) is 24.3 Å². The van der Waals surface area contributed by atoms with Gasteiger partial charge in [0.05, 0.1) is 12.2 Å². The molecule has 0 radical (unpaired) electrons. The highest BCUT2D eigenvalue weighted by molar-refractivity contribution is 5.84. The molecule has 0 atom stereocenters. The van der Waals surface area contributed by atoms with E-state index in [1.165, 1.54) is 6.07 Å². The maximum atomic E-state index is 13.8. The van der Waals surface area contributed by atoms with Crippen molar-refractivity contribution in [1.82, 2.24) is 10.2 Å². The van der Waals surface area contributed by atoms with Crippen LogP contribution in [0.5, 0.6) is 0 Å². The van der Waals surface area contributed by atoms with E-state index in [4.69, 9.17) is 0 Å². The predicted molar refractivity (Wildman–Crippen MR) is 87.7 cm³/mol. The normalized spacial score (nSPS) is 14.7. The maximum absolute atomic E-state index is 13.8. The average Bonchev–Trinajstić information content (AvgIpc) is 2.58. The number of nitrogens with zero attached hydrogens (tertiary/aromatic N) is 2. The highest BCUT2D eigenvalue weighted by Gasteiger charge is 2.22. The lowest BCUT2D eigenvalue weighted by atomic mass is 10.2. The van der Waals surface area contributed by atoms with Crippen molar-refractivity contribution < 1.29 is 14.0 Å². The number of carbonyl (C=O) groups is 2. The Morgan fingerprint density at radius 1 is 1.17 bits per heavy atom. The molecule has 1 N–H and O–H groups in total. The van der Waals surface area contributed by atoms with Crippen molar-refractivity contribution in [3.8, 4) is 0 Å². The molecule has 0 aliphatic carbocycles. The molecule has 126 valence electrons. The minimum atomic E-state index is -0.240. The summed E-state index contributed by atoms with van der Waals surface area (Å²) in [6.45, 7) is 4.33. The van der Waals surface area contributed by atoms with Crippen molar-refractivity contribution in [3.05, 3.63) is 30.1 Å². The Kier molecular flexibility index (Phi) is 6.38. The number of hydrogen-bond acceptors (Lipinski definition) is 3. The molecule has 1 aliphatic rings. The molecule has 0 spiro atoms. The lowest BCUT2D eigenvalue weighted by Crippen LogP contribution is -2.51. The second kappa shape index (κ2) is 8.50. The summed E-state index contributed by atoms with van der Waals surface area (Å²) in [6.07, 6.45) is 2.26. The zero-order valence-electron chi connectivity index (χ0n) is 13.6. The zero-order valence-corrected chi connectivity index (χ0v) is 13.6. The highest BCUT2D eigenvalue weighted by atomic mass is 19.1. The van der Waals surface area contributed by atoms with Crippen LogP contribution in [-0.4, -0.2) is 49.4 Å². The van der Waals surface area contributed by atoms with Crippen LogP contribution in [0.1, 0.15) is 26.2 Å². The fraction of sp³-hybridized carbons (Fsp3) is 0.529. The van der Waals surface area contributed by atoms with Crippen LogP contribution in [0.2, 0.25) is 0 Å². The lowest BCUT2D eigenvalue weighted by molar-refractivity contribution is -0.133. The van der Waals surface area contributed by atoms with Gasteiger partial charge in [-0.1, -0.05) is 25.5 Å². The van der Waals surface area contributed by atoms with Gasteiger partial charge in [0.2, 0.25) is 11.8 Å². The summed E-state index contributed by atoms with van der Waals surface area (Å²) >= 11 is 0. The molecule has 0 aromatic heterocycles. The van der Waals surface area contributed by atoms with E-state index >= 15 is 0 Å². The van der Waals surface area contributed by atoms with E-state index in [9.17, 15) is 14.0 Å². The Balaban J connectivity index is 1.77. The second-order valence-corrected chi connectivity index (χ2v) is 5.70. The molecule has 1 saturated heterocycles. The van der Waals surface area contributed by atoms with Gasteiger partial charge in [-0.15, -0.1) is 0 Å². The lowest BCUT2D eigenvalue weighted by Gasteiger charge is -2.36. The van der Waals surface area contributed by atoms with Crippen molar-refractivity contribution in [2.24, 2.45) is 0 Å². The van der Waals surface area contributed by atoms with Crippen LogP contribution in [0.4, 0.5) is 10.1 Å². The molecule has 1 aromatic rings. The maximum Gasteiger partial charge on any atom is 0.242 e. The van der Waals surface area contributed by atoms with E-state index in [0.29, 0.717) is 38.3 Å². The molecule has 1 fully saturated rings. The molecule has 2 rings (SSSR count). The van der Waals surface area contributed by atoms with E-state index < -0.39 is 0 Å². The number of anilines is 1. The first kappa shape index (κ1) is 17.2. The van der Waals surface area contributed by atoms with Gasteiger partial charge >= 0.3 is 0 Å². The van der Waals surface area contributed by atoms with Crippen LogP contribution in [0.3, 0.4) is 0 Å². The van der Waals surface area contributed by atoms with E-state index in [2.05, 4.69) is 5.32 Å². The summed E-state index contributed by atoms with van der Waals surface area (Å²) in [5, 5.41) is 2.66. The predicted octanol–water partition coefficient (Wildman–Crippen LogP) is 1.78. The summed E-state index contributed by atoms with van der Waals surface area (Å²) in [4.78, 5) is 27.3. The number of carbonyl (C=O) groups excluding carboxylic acids is 2. The number of amides is 2. The van der Waals surface area contributed by atoms with Gasteiger partial charge in [-0.2, -0.15) is 0 Å². The Morgan fingerprint density at radius 2 is 1.87 bits per heavy atom. The van der Waals surface area contributed by atoms with E-state index in [1.807, 2.05) is 17.9 Å². The molecule has 1 heterocycles. The number of nitrogens with one attached hydrogen (secondary N) is 1. The third kappa shape index (κ3) is 4.94. The number of unbranched alkanes of at least 4 members (excludes halogenated alkanes) is 1. The number of piperazine rings is 1. The monoisotopic (exact) mass is 321 g/mol. The molecule has 1 aliphatic heterocycles. The number of rotatable bonds is 6. The quantitative estimate of drug-likeness (QED) is 0.869. The van der Waals surface area contributed by atoms with Crippen molar-refractivity contribution in [3.63, 3.8) is 0 Å². The first-order chi connectivity index (χ1) is 11.1. The van der Waals surface area contributed by atoms with Crippen molar-refractivity contribution >= 4 is 17.5 Å². The van der Waals surface area contributed by atoms with Crippen LogP contribution in [0, 0.1) is 5.82 Å². The van der Waals surface area contributed by atoms with Gasteiger partial charge in [-0.25, -0.2) is 4.39 Å².